The van der Waals surface area contributed by atoms with Crippen molar-refractivity contribution in [3.8, 4) is 11.1 Å². The molecule has 0 bridgehead atoms. The van der Waals surface area contributed by atoms with E-state index in [-0.39, 0.29) is 0 Å². The molecule has 4 aromatic rings. The van der Waals surface area contributed by atoms with Gasteiger partial charge in [0.2, 0.25) is 0 Å². The normalized spacial score (nSPS) is 11.3. The van der Waals surface area contributed by atoms with E-state index in [1.165, 1.54) is 55.6 Å². The van der Waals surface area contributed by atoms with Crippen LogP contribution in [0.2, 0.25) is 0 Å². The summed E-state index contributed by atoms with van der Waals surface area (Å²) in [5.74, 6) is 3.68. The van der Waals surface area contributed by atoms with E-state index in [4.69, 9.17) is 0 Å². The third kappa shape index (κ3) is 10.5. The molecule has 0 radical (unpaired) electrons. The molecular weight excluding hydrogens is 528 g/mol. The molecule has 238 valence electrons. The highest BCUT2D eigenvalue weighted by atomic mass is 14.2. The molecule has 0 aliphatic rings. The highest BCUT2D eigenvalue weighted by molar-refractivity contribution is 5.71. The SMILES string of the molecule is CC(C)c1ccccc1C(C)C.CC(C)c1ccccc1C(C)C.Cc1cc(C)cc(-c2cccc(C(C)C)c2C(C)C)c1. The Bertz CT molecular complexity index is 1300. The van der Waals surface area contributed by atoms with Gasteiger partial charge in [0, 0.05) is 0 Å². The van der Waals surface area contributed by atoms with Crippen molar-refractivity contribution in [3.63, 3.8) is 0 Å². The van der Waals surface area contributed by atoms with Crippen molar-refractivity contribution in [2.24, 2.45) is 0 Å². The van der Waals surface area contributed by atoms with Gasteiger partial charge in [0.1, 0.15) is 0 Å². The third-order valence-corrected chi connectivity index (χ3v) is 8.35. The van der Waals surface area contributed by atoms with Gasteiger partial charge in [-0.1, -0.05) is 179 Å². The van der Waals surface area contributed by atoms with Gasteiger partial charge in [-0.15, -0.1) is 0 Å². The Morgan fingerprint density at radius 2 is 0.659 bits per heavy atom. The van der Waals surface area contributed by atoms with E-state index in [1.54, 1.807) is 0 Å². The highest BCUT2D eigenvalue weighted by Crippen LogP contribution is 2.36. The first-order valence-electron chi connectivity index (χ1n) is 17.0. The first-order valence-corrected chi connectivity index (χ1v) is 17.0. The summed E-state index contributed by atoms with van der Waals surface area (Å²) in [5, 5.41) is 0. The van der Waals surface area contributed by atoms with Crippen LogP contribution in [0.5, 0.6) is 0 Å². The maximum atomic E-state index is 2.30. The Kier molecular flexibility index (Phi) is 14.6. The molecule has 4 aromatic carbocycles. The molecule has 0 heteroatoms. The minimum atomic E-state index is 0.546. The van der Waals surface area contributed by atoms with Crippen LogP contribution in [0.1, 0.15) is 163 Å². The number of aryl methyl sites for hydroxylation is 2. The lowest BCUT2D eigenvalue weighted by atomic mass is 9.84. The zero-order chi connectivity index (χ0) is 33.1. The van der Waals surface area contributed by atoms with Crippen LogP contribution in [0.15, 0.2) is 84.9 Å². The summed E-state index contributed by atoms with van der Waals surface area (Å²) in [5.41, 5.74) is 14.4. The predicted octanol–water partition coefficient (Wildman–Crippen LogP) is 14.1. The summed E-state index contributed by atoms with van der Waals surface area (Å²) in [6.07, 6.45) is 0. The third-order valence-electron chi connectivity index (χ3n) is 8.35. The van der Waals surface area contributed by atoms with Crippen molar-refractivity contribution in [1.29, 1.82) is 0 Å². The average molecular weight is 591 g/mol. The minimum Gasteiger partial charge on any atom is -0.0620 e. The molecule has 0 aliphatic heterocycles. The van der Waals surface area contributed by atoms with Crippen molar-refractivity contribution < 1.29 is 0 Å². The van der Waals surface area contributed by atoms with Crippen LogP contribution < -0.4 is 0 Å². The summed E-state index contributed by atoms with van der Waals surface area (Å²) in [4.78, 5) is 0. The summed E-state index contributed by atoms with van der Waals surface area (Å²) in [6.45, 7) is 31.5. The van der Waals surface area contributed by atoms with E-state index in [2.05, 4.69) is 182 Å². The fourth-order valence-corrected chi connectivity index (χ4v) is 6.24. The van der Waals surface area contributed by atoms with Crippen molar-refractivity contribution >= 4 is 0 Å². The van der Waals surface area contributed by atoms with Crippen molar-refractivity contribution in [1.82, 2.24) is 0 Å². The van der Waals surface area contributed by atoms with Gasteiger partial charge in [-0.3, -0.25) is 0 Å². The molecule has 0 aromatic heterocycles. The van der Waals surface area contributed by atoms with Gasteiger partial charge in [0.15, 0.2) is 0 Å². The number of hydrogen-bond donors (Lipinski definition) is 0. The fourth-order valence-electron chi connectivity index (χ4n) is 6.24. The van der Waals surface area contributed by atoms with Crippen LogP contribution in [0.25, 0.3) is 11.1 Å². The molecule has 0 nitrogen and oxygen atoms in total. The number of benzene rings is 4. The van der Waals surface area contributed by atoms with Gasteiger partial charge >= 0.3 is 0 Å². The largest absolute Gasteiger partial charge is 0.0620 e. The molecular formula is C44H62. The van der Waals surface area contributed by atoms with Crippen LogP contribution in [0, 0.1) is 13.8 Å². The zero-order valence-corrected chi connectivity index (χ0v) is 30.5. The Balaban J connectivity index is 0.000000244. The Hall–Kier alpha value is -3.12. The smallest absolute Gasteiger partial charge is 0.0146 e. The molecule has 44 heavy (non-hydrogen) atoms. The summed E-state index contributed by atoms with van der Waals surface area (Å²) in [6, 6.07) is 31.1. The highest BCUT2D eigenvalue weighted by Gasteiger charge is 2.16. The first kappa shape index (κ1) is 37.1. The van der Waals surface area contributed by atoms with Gasteiger partial charge in [-0.2, -0.15) is 0 Å². The van der Waals surface area contributed by atoms with E-state index >= 15 is 0 Å². The molecule has 0 saturated carbocycles. The molecule has 0 amide bonds. The standard InChI is InChI=1S/C20H26.2C12H18/c1-13(2)18-8-7-9-19(20(18)14(3)4)17-11-15(5)10-16(6)12-17;2*1-9(2)11-7-5-6-8-12(11)10(3)4/h7-14H,1-6H3;2*5-10H,1-4H3. The fraction of sp³-hybridized carbons (Fsp3) is 0.455. The second-order valence-corrected chi connectivity index (χ2v) is 14.4. The van der Waals surface area contributed by atoms with Gasteiger partial charge in [-0.05, 0) is 93.9 Å². The molecule has 0 spiro atoms. The summed E-state index contributed by atoms with van der Waals surface area (Å²) >= 11 is 0. The Labute approximate surface area is 272 Å². The zero-order valence-electron chi connectivity index (χ0n) is 30.5. The topological polar surface area (TPSA) is 0 Å². The Morgan fingerprint density at radius 3 is 0.955 bits per heavy atom. The van der Waals surface area contributed by atoms with E-state index in [9.17, 15) is 0 Å². The minimum absolute atomic E-state index is 0.546. The molecule has 0 fully saturated rings. The van der Waals surface area contributed by atoms with E-state index in [1.807, 2.05) is 0 Å². The predicted molar refractivity (Wildman–Crippen MR) is 199 cm³/mol. The molecule has 0 aliphatic carbocycles. The molecule has 0 heterocycles. The second kappa shape index (κ2) is 17.4. The summed E-state index contributed by atoms with van der Waals surface area (Å²) < 4.78 is 0. The van der Waals surface area contributed by atoms with Crippen molar-refractivity contribution in [2.45, 2.75) is 132 Å². The monoisotopic (exact) mass is 590 g/mol. The maximum Gasteiger partial charge on any atom is -0.0146 e. The number of rotatable bonds is 7. The van der Waals surface area contributed by atoms with Gasteiger partial charge in [0.05, 0.1) is 0 Å². The van der Waals surface area contributed by atoms with Crippen molar-refractivity contribution in [2.75, 3.05) is 0 Å². The molecule has 0 unspecified atom stereocenters. The average Bonchev–Trinajstić information content (AvgIpc) is 2.96. The molecule has 4 rings (SSSR count). The molecule has 0 atom stereocenters. The van der Waals surface area contributed by atoms with Gasteiger partial charge in [-0.25, -0.2) is 0 Å². The van der Waals surface area contributed by atoms with Crippen LogP contribution in [-0.4, -0.2) is 0 Å². The van der Waals surface area contributed by atoms with E-state index in [0.717, 1.165) is 0 Å². The lowest BCUT2D eigenvalue weighted by Gasteiger charge is -2.21. The van der Waals surface area contributed by atoms with E-state index in [0.29, 0.717) is 35.5 Å². The van der Waals surface area contributed by atoms with Crippen LogP contribution in [0.3, 0.4) is 0 Å². The first-order chi connectivity index (χ1) is 20.6. The lowest BCUT2D eigenvalue weighted by Crippen LogP contribution is -2.01. The molecule has 0 saturated heterocycles. The lowest BCUT2D eigenvalue weighted by molar-refractivity contribution is 0.790. The van der Waals surface area contributed by atoms with Gasteiger partial charge < -0.3 is 0 Å². The van der Waals surface area contributed by atoms with Crippen LogP contribution in [0.4, 0.5) is 0 Å². The maximum absolute atomic E-state index is 2.30. The van der Waals surface area contributed by atoms with Gasteiger partial charge in [0.25, 0.3) is 0 Å². The van der Waals surface area contributed by atoms with Crippen molar-refractivity contribution in [3.05, 3.63) is 129 Å². The van der Waals surface area contributed by atoms with E-state index < -0.39 is 0 Å². The van der Waals surface area contributed by atoms with Crippen LogP contribution >= 0.6 is 0 Å². The number of hydrogen-bond acceptors (Lipinski definition) is 0. The summed E-state index contributed by atoms with van der Waals surface area (Å²) in [7, 11) is 0. The quantitative estimate of drug-likeness (QED) is 0.201. The Morgan fingerprint density at radius 1 is 0.341 bits per heavy atom. The molecule has 0 N–H and O–H groups in total. The second-order valence-electron chi connectivity index (χ2n) is 14.4. The van der Waals surface area contributed by atoms with Crippen LogP contribution in [-0.2, 0) is 0 Å².